The molecule has 1 fully saturated rings. The van der Waals surface area contributed by atoms with Crippen LogP contribution in [0.2, 0.25) is 0 Å². The van der Waals surface area contributed by atoms with E-state index in [0.717, 1.165) is 38.1 Å². The Labute approximate surface area is 148 Å². The average Bonchev–Trinajstić information content (AvgIpc) is 3.10. The van der Waals surface area contributed by atoms with Crippen LogP contribution in [0.1, 0.15) is 17.7 Å². The largest absolute Gasteiger partial charge is 0.356 e. The summed E-state index contributed by atoms with van der Waals surface area (Å²) in [7, 11) is 2.11. The van der Waals surface area contributed by atoms with Crippen LogP contribution in [0.3, 0.4) is 0 Å². The molecule has 0 radical (unpaired) electrons. The van der Waals surface area contributed by atoms with E-state index in [4.69, 9.17) is 0 Å². The van der Waals surface area contributed by atoms with Crippen LogP contribution in [0.25, 0.3) is 0 Å². The van der Waals surface area contributed by atoms with Crippen molar-refractivity contribution in [2.24, 2.45) is 10.9 Å². The van der Waals surface area contributed by atoms with Crippen molar-refractivity contribution < 1.29 is 0 Å². The van der Waals surface area contributed by atoms with Gasteiger partial charge >= 0.3 is 0 Å². The van der Waals surface area contributed by atoms with Crippen molar-refractivity contribution in [1.29, 1.82) is 0 Å². The Hall–Kier alpha value is -0.340. The van der Waals surface area contributed by atoms with Gasteiger partial charge in [0.1, 0.15) is 0 Å². The van der Waals surface area contributed by atoms with Gasteiger partial charge < -0.3 is 10.2 Å². The summed E-state index contributed by atoms with van der Waals surface area (Å²) < 4.78 is 0. The van der Waals surface area contributed by atoms with Crippen molar-refractivity contribution in [3.63, 3.8) is 0 Å². The van der Waals surface area contributed by atoms with Gasteiger partial charge in [-0.1, -0.05) is 6.07 Å². The molecule has 2 aliphatic rings. The topological polar surface area (TPSA) is 30.9 Å². The Morgan fingerprint density at radius 2 is 2.14 bits per heavy atom. The molecular formula is C15H25IN4S. The molecule has 4 nitrogen and oxygen atoms in total. The van der Waals surface area contributed by atoms with E-state index in [2.05, 4.69) is 44.7 Å². The fourth-order valence-electron chi connectivity index (χ4n) is 2.93. The molecule has 0 bridgehead atoms. The SMILES string of the molecule is CN1CCN=C1NCC1CCN(Cc2cccs2)CC1.I. The maximum Gasteiger partial charge on any atom is 0.193 e. The van der Waals surface area contributed by atoms with Crippen molar-refractivity contribution in [2.75, 3.05) is 39.8 Å². The summed E-state index contributed by atoms with van der Waals surface area (Å²) >= 11 is 1.87. The highest BCUT2D eigenvalue weighted by atomic mass is 127. The summed E-state index contributed by atoms with van der Waals surface area (Å²) in [4.78, 5) is 10.8. The van der Waals surface area contributed by atoms with Crippen LogP contribution in [0.5, 0.6) is 0 Å². The lowest BCUT2D eigenvalue weighted by molar-refractivity contribution is 0.179. The van der Waals surface area contributed by atoms with Crippen LogP contribution in [0, 0.1) is 5.92 Å². The van der Waals surface area contributed by atoms with Crippen molar-refractivity contribution in [2.45, 2.75) is 19.4 Å². The van der Waals surface area contributed by atoms with Crippen LogP contribution in [-0.4, -0.2) is 55.5 Å². The number of likely N-dealkylation sites (tertiary alicyclic amines) is 1. The fourth-order valence-corrected chi connectivity index (χ4v) is 3.68. The maximum atomic E-state index is 4.49. The smallest absolute Gasteiger partial charge is 0.193 e. The summed E-state index contributed by atoms with van der Waals surface area (Å²) in [5, 5.41) is 5.69. The molecule has 0 aromatic carbocycles. The van der Waals surface area contributed by atoms with E-state index < -0.39 is 0 Å². The summed E-state index contributed by atoms with van der Waals surface area (Å²) in [5.41, 5.74) is 0. The number of hydrogen-bond acceptors (Lipinski definition) is 5. The molecule has 0 spiro atoms. The highest BCUT2D eigenvalue weighted by Gasteiger charge is 2.20. The lowest BCUT2D eigenvalue weighted by Gasteiger charge is -2.32. The molecule has 0 amide bonds. The maximum absolute atomic E-state index is 4.49. The Bertz CT molecular complexity index is 441. The molecule has 118 valence electrons. The minimum Gasteiger partial charge on any atom is -0.356 e. The van der Waals surface area contributed by atoms with E-state index in [1.54, 1.807) is 0 Å². The molecule has 6 heteroatoms. The molecule has 0 aliphatic carbocycles. The number of aliphatic imine (C=N–C) groups is 1. The first-order valence-electron chi connectivity index (χ1n) is 7.55. The summed E-state index contributed by atoms with van der Waals surface area (Å²) in [6, 6.07) is 4.39. The van der Waals surface area contributed by atoms with Crippen LogP contribution < -0.4 is 5.32 Å². The Balaban J connectivity index is 0.00000161. The number of hydrogen-bond donors (Lipinski definition) is 1. The molecule has 1 N–H and O–H groups in total. The minimum absolute atomic E-state index is 0. The standard InChI is InChI=1S/C15H24N4S.HI/c1-18-9-6-16-15(18)17-11-13-4-7-19(8-5-13)12-14-3-2-10-20-14;/h2-3,10,13H,4-9,11-12H2,1H3,(H,16,17);1H. The number of nitrogens with zero attached hydrogens (tertiary/aromatic N) is 3. The summed E-state index contributed by atoms with van der Waals surface area (Å²) in [5.74, 6) is 1.89. The first-order chi connectivity index (χ1) is 9.81. The van der Waals surface area contributed by atoms with Gasteiger partial charge in [-0.05, 0) is 43.3 Å². The molecule has 1 aromatic heterocycles. The van der Waals surface area contributed by atoms with E-state index in [0.29, 0.717) is 0 Å². The van der Waals surface area contributed by atoms with Gasteiger partial charge in [-0.3, -0.25) is 9.89 Å². The lowest BCUT2D eigenvalue weighted by atomic mass is 9.97. The minimum atomic E-state index is 0. The molecule has 2 aliphatic heterocycles. The van der Waals surface area contributed by atoms with Gasteiger partial charge in [-0.2, -0.15) is 0 Å². The second-order valence-electron chi connectivity index (χ2n) is 5.81. The van der Waals surface area contributed by atoms with E-state index >= 15 is 0 Å². The lowest BCUT2D eigenvalue weighted by Crippen LogP contribution is -2.41. The molecule has 1 aromatic rings. The summed E-state index contributed by atoms with van der Waals surface area (Å²) in [6.45, 7) is 6.67. The molecule has 0 unspecified atom stereocenters. The Morgan fingerprint density at radius 3 is 2.76 bits per heavy atom. The van der Waals surface area contributed by atoms with Crippen LogP contribution in [0.15, 0.2) is 22.5 Å². The third kappa shape index (κ3) is 4.82. The van der Waals surface area contributed by atoms with Gasteiger partial charge in [0.2, 0.25) is 0 Å². The predicted molar refractivity (Wildman–Crippen MR) is 101 cm³/mol. The van der Waals surface area contributed by atoms with Gasteiger partial charge in [0, 0.05) is 31.6 Å². The van der Waals surface area contributed by atoms with Gasteiger partial charge in [0.05, 0.1) is 6.54 Å². The normalized spacial score (nSPS) is 20.2. The molecule has 0 saturated carbocycles. The van der Waals surface area contributed by atoms with Gasteiger partial charge in [-0.15, -0.1) is 35.3 Å². The third-order valence-corrected chi connectivity index (χ3v) is 5.14. The van der Waals surface area contributed by atoms with Crippen molar-refractivity contribution in [1.82, 2.24) is 15.1 Å². The Kier molecular flexibility index (Phi) is 6.75. The zero-order chi connectivity index (χ0) is 13.8. The number of guanidine groups is 1. The van der Waals surface area contributed by atoms with Crippen molar-refractivity contribution in [3.8, 4) is 0 Å². The zero-order valence-electron chi connectivity index (χ0n) is 12.6. The monoisotopic (exact) mass is 420 g/mol. The second-order valence-corrected chi connectivity index (χ2v) is 6.84. The quantitative estimate of drug-likeness (QED) is 0.760. The number of rotatable bonds is 4. The van der Waals surface area contributed by atoms with Gasteiger partial charge in [0.25, 0.3) is 0 Å². The molecule has 1 saturated heterocycles. The van der Waals surface area contributed by atoms with Crippen LogP contribution in [-0.2, 0) is 6.54 Å². The average molecular weight is 420 g/mol. The van der Waals surface area contributed by atoms with Gasteiger partial charge in [-0.25, -0.2) is 0 Å². The highest BCUT2D eigenvalue weighted by Crippen LogP contribution is 2.20. The summed E-state index contributed by atoms with van der Waals surface area (Å²) in [6.07, 6.45) is 2.60. The zero-order valence-corrected chi connectivity index (χ0v) is 15.8. The highest BCUT2D eigenvalue weighted by molar-refractivity contribution is 14.0. The number of halogens is 1. The van der Waals surface area contributed by atoms with Gasteiger partial charge in [0.15, 0.2) is 5.96 Å². The van der Waals surface area contributed by atoms with E-state index in [9.17, 15) is 0 Å². The molecule has 3 rings (SSSR count). The number of nitrogens with one attached hydrogen (secondary N) is 1. The van der Waals surface area contributed by atoms with Crippen molar-refractivity contribution in [3.05, 3.63) is 22.4 Å². The molecule has 3 heterocycles. The first kappa shape index (κ1) is 17.0. The molecule has 0 atom stereocenters. The number of likely N-dealkylation sites (N-methyl/N-ethyl adjacent to an activating group) is 1. The third-order valence-electron chi connectivity index (χ3n) is 4.27. The molecular weight excluding hydrogens is 395 g/mol. The number of thiophene rings is 1. The van der Waals surface area contributed by atoms with E-state index in [1.807, 2.05) is 11.3 Å². The van der Waals surface area contributed by atoms with Crippen molar-refractivity contribution >= 4 is 41.3 Å². The predicted octanol–water partition coefficient (Wildman–Crippen LogP) is 2.47. The first-order valence-corrected chi connectivity index (χ1v) is 8.43. The second kappa shape index (κ2) is 8.33. The van der Waals surface area contributed by atoms with E-state index in [-0.39, 0.29) is 24.0 Å². The molecule has 21 heavy (non-hydrogen) atoms. The Morgan fingerprint density at radius 1 is 1.33 bits per heavy atom. The van der Waals surface area contributed by atoms with Crippen LogP contribution in [0.4, 0.5) is 0 Å². The van der Waals surface area contributed by atoms with E-state index in [1.165, 1.54) is 30.8 Å². The van der Waals surface area contributed by atoms with Crippen LogP contribution >= 0.6 is 35.3 Å². The fraction of sp³-hybridized carbons (Fsp3) is 0.667. The number of piperidine rings is 1.